The molecule has 0 bridgehead atoms. The largest absolute Gasteiger partial charge is 0.310 e. The molecule has 1 N–H and O–H groups in total. The zero-order chi connectivity index (χ0) is 10.8. The standard InChI is InChI=1S/C14H21N/c1-10(2)8-14-13-5-4-11(3)9-12(13)6-7-15-14/h4-5,9-10,14-15H,6-8H2,1-3H3. The predicted octanol–water partition coefficient (Wildman–Crippen LogP) is 3.23. The maximum atomic E-state index is 3.63. The Balaban J connectivity index is 2.26. The van der Waals surface area contributed by atoms with E-state index in [1.807, 2.05) is 0 Å². The van der Waals surface area contributed by atoms with Gasteiger partial charge in [0.25, 0.3) is 0 Å². The van der Waals surface area contributed by atoms with E-state index < -0.39 is 0 Å². The smallest absolute Gasteiger partial charge is 0.0325 e. The average Bonchev–Trinajstić information content (AvgIpc) is 2.16. The predicted molar refractivity (Wildman–Crippen MR) is 65.1 cm³/mol. The zero-order valence-corrected chi connectivity index (χ0v) is 10.0. The van der Waals surface area contributed by atoms with Gasteiger partial charge in [-0.1, -0.05) is 37.6 Å². The lowest BCUT2D eigenvalue weighted by Gasteiger charge is -2.28. The van der Waals surface area contributed by atoms with Gasteiger partial charge in [-0.25, -0.2) is 0 Å². The minimum atomic E-state index is 0.578. The number of nitrogens with one attached hydrogen (secondary N) is 1. The summed E-state index contributed by atoms with van der Waals surface area (Å²) in [6, 6.07) is 7.47. The third kappa shape index (κ3) is 2.40. The third-order valence-electron chi connectivity index (χ3n) is 3.17. The first kappa shape index (κ1) is 10.7. The van der Waals surface area contributed by atoms with Crippen LogP contribution in [0.3, 0.4) is 0 Å². The lowest BCUT2D eigenvalue weighted by atomic mass is 9.88. The average molecular weight is 203 g/mol. The second-order valence-electron chi connectivity index (χ2n) is 5.09. The third-order valence-corrected chi connectivity index (χ3v) is 3.17. The van der Waals surface area contributed by atoms with E-state index >= 15 is 0 Å². The van der Waals surface area contributed by atoms with E-state index in [4.69, 9.17) is 0 Å². The van der Waals surface area contributed by atoms with Gasteiger partial charge in [0.2, 0.25) is 0 Å². The van der Waals surface area contributed by atoms with Gasteiger partial charge in [-0.15, -0.1) is 0 Å². The molecule has 0 amide bonds. The van der Waals surface area contributed by atoms with Crippen molar-refractivity contribution in [3.8, 4) is 0 Å². The molecular formula is C14H21N. The monoisotopic (exact) mass is 203 g/mol. The first-order valence-corrected chi connectivity index (χ1v) is 5.99. The van der Waals surface area contributed by atoms with Crippen LogP contribution in [-0.2, 0) is 6.42 Å². The Labute approximate surface area is 92.9 Å². The Morgan fingerprint density at radius 3 is 2.93 bits per heavy atom. The molecule has 0 aliphatic carbocycles. The summed E-state index contributed by atoms with van der Waals surface area (Å²) in [5.74, 6) is 0.759. The van der Waals surface area contributed by atoms with Crippen LogP contribution >= 0.6 is 0 Å². The van der Waals surface area contributed by atoms with Crippen molar-refractivity contribution in [3.05, 3.63) is 34.9 Å². The van der Waals surface area contributed by atoms with E-state index in [9.17, 15) is 0 Å². The first-order valence-electron chi connectivity index (χ1n) is 5.99. The molecule has 1 unspecified atom stereocenters. The molecule has 1 aliphatic rings. The molecule has 0 fully saturated rings. The van der Waals surface area contributed by atoms with Gasteiger partial charge >= 0.3 is 0 Å². The zero-order valence-electron chi connectivity index (χ0n) is 10.0. The fourth-order valence-corrected chi connectivity index (χ4v) is 2.46. The van der Waals surface area contributed by atoms with Crippen LogP contribution in [0.1, 0.15) is 43.0 Å². The molecule has 0 aromatic heterocycles. The lowest BCUT2D eigenvalue weighted by Crippen LogP contribution is -2.30. The normalized spacial score (nSPS) is 20.4. The minimum Gasteiger partial charge on any atom is -0.310 e. The summed E-state index contributed by atoms with van der Waals surface area (Å²) in [6.07, 6.45) is 2.43. The van der Waals surface area contributed by atoms with Crippen LogP contribution in [0.5, 0.6) is 0 Å². The SMILES string of the molecule is Cc1ccc2c(c1)CCNC2CC(C)C. The van der Waals surface area contributed by atoms with E-state index in [2.05, 4.69) is 44.3 Å². The quantitative estimate of drug-likeness (QED) is 0.778. The van der Waals surface area contributed by atoms with Gasteiger partial charge in [0, 0.05) is 6.04 Å². The highest BCUT2D eigenvalue weighted by Gasteiger charge is 2.19. The molecule has 1 heterocycles. The maximum absolute atomic E-state index is 3.63. The highest BCUT2D eigenvalue weighted by Crippen LogP contribution is 2.28. The van der Waals surface area contributed by atoms with Crippen molar-refractivity contribution < 1.29 is 0 Å². The van der Waals surface area contributed by atoms with Gasteiger partial charge in [-0.05, 0) is 43.4 Å². The Bertz CT molecular complexity index is 341. The van der Waals surface area contributed by atoms with E-state index in [0.717, 1.165) is 12.5 Å². The van der Waals surface area contributed by atoms with Gasteiger partial charge in [0.1, 0.15) is 0 Å². The van der Waals surface area contributed by atoms with Crippen LogP contribution in [0.4, 0.5) is 0 Å². The number of aryl methyl sites for hydroxylation is 1. The molecule has 2 rings (SSSR count). The second-order valence-corrected chi connectivity index (χ2v) is 5.09. The van der Waals surface area contributed by atoms with Crippen molar-refractivity contribution in [3.63, 3.8) is 0 Å². The molecule has 1 nitrogen and oxygen atoms in total. The van der Waals surface area contributed by atoms with E-state index in [-0.39, 0.29) is 0 Å². The summed E-state index contributed by atoms with van der Waals surface area (Å²) >= 11 is 0. The molecule has 0 saturated heterocycles. The van der Waals surface area contributed by atoms with Crippen LogP contribution in [0.25, 0.3) is 0 Å². The number of rotatable bonds is 2. The maximum Gasteiger partial charge on any atom is 0.0325 e. The van der Waals surface area contributed by atoms with Crippen LogP contribution < -0.4 is 5.32 Å². The van der Waals surface area contributed by atoms with Gasteiger partial charge in [-0.3, -0.25) is 0 Å². The summed E-state index contributed by atoms with van der Waals surface area (Å²) in [6.45, 7) is 7.90. The van der Waals surface area contributed by atoms with Crippen molar-refractivity contribution in [2.75, 3.05) is 6.54 Å². The van der Waals surface area contributed by atoms with Crippen LogP contribution in [0.15, 0.2) is 18.2 Å². The Kier molecular flexibility index (Phi) is 3.11. The molecular weight excluding hydrogens is 182 g/mol. The van der Waals surface area contributed by atoms with Gasteiger partial charge in [0.05, 0.1) is 0 Å². The lowest BCUT2D eigenvalue weighted by molar-refractivity contribution is 0.414. The summed E-state index contributed by atoms with van der Waals surface area (Å²) in [5.41, 5.74) is 4.47. The molecule has 0 radical (unpaired) electrons. The summed E-state index contributed by atoms with van der Waals surface area (Å²) in [5, 5.41) is 3.63. The van der Waals surface area contributed by atoms with E-state index in [1.54, 1.807) is 5.56 Å². The van der Waals surface area contributed by atoms with E-state index in [1.165, 1.54) is 24.0 Å². The summed E-state index contributed by atoms with van der Waals surface area (Å²) in [4.78, 5) is 0. The minimum absolute atomic E-state index is 0.578. The fraction of sp³-hybridized carbons (Fsp3) is 0.571. The molecule has 1 atom stereocenters. The van der Waals surface area contributed by atoms with Crippen molar-refractivity contribution in [1.82, 2.24) is 5.32 Å². The molecule has 1 heteroatoms. The Morgan fingerprint density at radius 2 is 2.20 bits per heavy atom. The molecule has 0 saturated carbocycles. The van der Waals surface area contributed by atoms with Crippen LogP contribution in [0.2, 0.25) is 0 Å². The van der Waals surface area contributed by atoms with Gasteiger partial charge in [-0.2, -0.15) is 0 Å². The van der Waals surface area contributed by atoms with Gasteiger partial charge in [0.15, 0.2) is 0 Å². The summed E-state index contributed by atoms with van der Waals surface area (Å²) < 4.78 is 0. The first-order chi connectivity index (χ1) is 7.16. The molecule has 1 aliphatic heterocycles. The van der Waals surface area contributed by atoms with E-state index in [0.29, 0.717) is 6.04 Å². The number of hydrogen-bond acceptors (Lipinski definition) is 1. The molecule has 0 spiro atoms. The molecule has 15 heavy (non-hydrogen) atoms. The highest BCUT2D eigenvalue weighted by molar-refractivity contribution is 5.35. The van der Waals surface area contributed by atoms with Crippen molar-refractivity contribution in [2.45, 2.75) is 39.7 Å². The molecule has 1 aromatic carbocycles. The Morgan fingerprint density at radius 1 is 1.40 bits per heavy atom. The fourth-order valence-electron chi connectivity index (χ4n) is 2.46. The highest BCUT2D eigenvalue weighted by atomic mass is 14.9. The summed E-state index contributed by atoms with van der Waals surface area (Å²) in [7, 11) is 0. The topological polar surface area (TPSA) is 12.0 Å². The second kappa shape index (κ2) is 4.36. The van der Waals surface area contributed by atoms with Crippen LogP contribution in [0, 0.1) is 12.8 Å². The molecule has 82 valence electrons. The molecule has 1 aromatic rings. The van der Waals surface area contributed by atoms with Crippen LogP contribution in [-0.4, -0.2) is 6.54 Å². The Hall–Kier alpha value is -0.820. The number of benzene rings is 1. The van der Waals surface area contributed by atoms with Crippen molar-refractivity contribution >= 4 is 0 Å². The van der Waals surface area contributed by atoms with Crippen molar-refractivity contribution in [1.29, 1.82) is 0 Å². The van der Waals surface area contributed by atoms with Crippen molar-refractivity contribution in [2.24, 2.45) is 5.92 Å². The number of hydrogen-bond donors (Lipinski definition) is 1. The number of fused-ring (bicyclic) bond motifs is 1. The van der Waals surface area contributed by atoms with Gasteiger partial charge < -0.3 is 5.32 Å².